The number of aromatic carboxylic acids is 1. The molecule has 0 atom stereocenters. The molecule has 3 heteroatoms. The average Bonchev–Trinajstić information content (AvgIpc) is 2.70. The van der Waals surface area contributed by atoms with Crippen LogP contribution in [0.25, 0.3) is 10.9 Å². The molecule has 1 aromatic carbocycles. The molecule has 0 aliphatic rings. The number of fused-ring (bicyclic) bond motifs is 1. The fourth-order valence-electron chi connectivity index (χ4n) is 2.21. The van der Waals surface area contributed by atoms with Gasteiger partial charge in [-0.25, -0.2) is 4.79 Å². The van der Waals surface area contributed by atoms with Crippen LogP contribution in [0.4, 0.5) is 0 Å². The van der Waals surface area contributed by atoms with E-state index in [1.807, 2.05) is 12.3 Å². The molecule has 2 rings (SSSR count). The predicted octanol–water partition coefficient (Wildman–Crippen LogP) is 3.48. The zero-order valence-corrected chi connectivity index (χ0v) is 10.4. The monoisotopic (exact) mass is 231 g/mol. The van der Waals surface area contributed by atoms with Crippen LogP contribution in [-0.2, 0) is 6.54 Å². The van der Waals surface area contributed by atoms with Crippen LogP contribution in [-0.4, -0.2) is 15.6 Å². The van der Waals surface area contributed by atoms with Gasteiger partial charge in [-0.05, 0) is 36.6 Å². The first-order valence-corrected chi connectivity index (χ1v) is 5.90. The fourth-order valence-corrected chi connectivity index (χ4v) is 2.21. The Hall–Kier alpha value is -1.77. The molecule has 1 aromatic heterocycles. The smallest absolute Gasteiger partial charge is 0.335 e. The second-order valence-corrected chi connectivity index (χ2v) is 4.56. The molecule has 1 heterocycles. The molecule has 3 nitrogen and oxygen atoms in total. The number of aromatic nitrogens is 1. The minimum absolute atomic E-state index is 0.317. The van der Waals surface area contributed by atoms with Gasteiger partial charge in [0, 0.05) is 18.1 Å². The van der Waals surface area contributed by atoms with E-state index in [1.165, 1.54) is 0 Å². The van der Waals surface area contributed by atoms with Crippen molar-refractivity contribution in [3.8, 4) is 0 Å². The number of benzene rings is 1. The van der Waals surface area contributed by atoms with Crippen molar-refractivity contribution >= 4 is 16.9 Å². The van der Waals surface area contributed by atoms with E-state index in [4.69, 9.17) is 5.11 Å². The van der Waals surface area contributed by atoms with Crippen LogP contribution in [0.1, 0.15) is 42.6 Å². The van der Waals surface area contributed by atoms with Gasteiger partial charge in [0.05, 0.1) is 11.1 Å². The Morgan fingerprint density at radius 2 is 2.12 bits per heavy atom. The number of nitrogens with zero attached hydrogens (tertiary/aromatic N) is 1. The summed E-state index contributed by atoms with van der Waals surface area (Å²) in [5.74, 6) is -0.546. The lowest BCUT2D eigenvalue weighted by Gasteiger charge is -2.12. The van der Waals surface area contributed by atoms with Crippen molar-refractivity contribution in [3.05, 3.63) is 35.5 Å². The van der Waals surface area contributed by atoms with Crippen LogP contribution >= 0.6 is 0 Å². The Bertz CT molecular complexity index is 567. The van der Waals surface area contributed by atoms with Gasteiger partial charge in [0.2, 0.25) is 0 Å². The number of hydrogen-bond acceptors (Lipinski definition) is 1. The molecule has 90 valence electrons. The Labute approximate surface area is 101 Å². The van der Waals surface area contributed by atoms with Crippen molar-refractivity contribution < 1.29 is 9.90 Å². The summed E-state index contributed by atoms with van der Waals surface area (Å²) in [6.07, 6.45) is 2.02. The Morgan fingerprint density at radius 1 is 1.41 bits per heavy atom. The molecule has 0 unspecified atom stereocenters. The highest BCUT2D eigenvalue weighted by atomic mass is 16.4. The summed E-state index contributed by atoms with van der Waals surface area (Å²) in [5.41, 5.74) is 2.63. The first-order valence-electron chi connectivity index (χ1n) is 5.90. The molecule has 0 spiro atoms. The molecule has 0 amide bonds. The van der Waals surface area contributed by atoms with Gasteiger partial charge in [0.15, 0.2) is 0 Å². The number of rotatable bonds is 3. The van der Waals surface area contributed by atoms with E-state index in [0.29, 0.717) is 11.5 Å². The third kappa shape index (κ3) is 1.93. The maximum atomic E-state index is 11.1. The highest BCUT2D eigenvalue weighted by Gasteiger charge is 2.14. The molecule has 2 aromatic rings. The minimum Gasteiger partial charge on any atom is -0.478 e. The van der Waals surface area contributed by atoms with Crippen molar-refractivity contribution in [1.29, 1.82) is 0 Å². The van der Waals surface area contributed by atoms with Crippen LogP contribution in [0.15, 0.2) is 24.4 Å². The zero-order valence-electron chi connectivity index (χ0n) is 10.4. The summed E-state index contributed by atoms with van der Waals surface area (Å²) in [7, 11) is 0. The van der Waals surface area contributed by atoms with E-state index in [2.05, 4.69) is 25.3 Å². The molecule has 0 aliphatic carbocycles. The summed E-state index contributed by atoms with van der Waals surface area (Å²) in [6.45, 7) is 7.17. The highest BCUT2D eigenvalue weighted by Crippen LogP contribution is 2.28. The quantitative estimate of drug-likeness (QED) is 0.878. The molecule has 0 saturated heterocycles. The van der Waals surface area contributed by atoms with Gasteiger partial charge >= 0.3 is 5.97 Å². The van der Waals surface area contributed by atoms with E-state index in [9.17, 15) is 4.79 Å². The molecule has 0 bridgehead atoms. The molecular weight excluding hydrogens is 214 g/mol. The lowest BCUT2D eigenvalue weighted by atomic mass is 9.97. The van der Waals surface area contributed by atoms with Crippen LogP contribution in [0, 0.1) is 0 Å². The first-order chi connectivity index (χ1) is 8.04. The van der Waals surface area contributed by atoms with Crippen LogP contribution in [0.2, 0.25) is 0 Å². The molecule has 0 aliphatic heterocycles. The average molecular weight is 231 g/mol. The van der Waals surface area contributed by atoms with Crippen molar-refractivity contribution in [2.45, 2.75) is 33.2 Å². The molecule has 0 saturated carbocycles. The van der Waals surface area contributed by atoms with Gasteiger partial charge in [-0.2, -0.15) is 0 Å². The van der Waals surface area contributed by atoms with Gasteiger partial charge in [0.1, 0.15) is 0 Å². The van der Waals surface area contributed by atoms with E-state index >= 15 is 0 Å². The number of carboxylic acid groups (broad SMARTS) is 1. The van der Waals surface area contributed by atoms with Gasteiger partial charge in [-0.1, -0.05) is 13.8 Å². The number of carboxylic acids is 1. The molecule has 0 radical (unpaired) electrons. The molecule has 1 N–H and O–H groups in total. The molecule has 0 fully saturated rings. The fraction of sp³-hybridized carbons (Fsp3) is 0.357. The van der Waals surface area contributed by atoms with Crippen molar-refractivity contribution in [3.63, 3.8) is 0 Å². The minimum atomic E-state index is -0.863. The van der Waals surface area contributed by atoms with Crippen molar-refractivity contribution in [2.75, 3.05) is 0 Å². The predicted molar refractivity (Wildman–Crippen MR) is 68.7 cm³/mol. The van der Waals surface area contributed by atoms with E-state index in [1.54, 1.807) is 12.1 Å². The largest absolute Gasteiger partial charge is 0.478 e. The van der Waals surface area contributed by atoms with E-state index < -0.39 is 5.97 Å². The summed E-state index contributed by atoms with van der Waals surface area (Å²) in [5, 5.41) is 10.1. The van der Waals surface area contributed by atoms with Gasteiger partial charge in [-0.15, -0.1) is 0 Å². The second kappa shape index (κ2) is 4.24. The second-order valence-electron chi connectivity index (χ2n) is 4.56. The maximum Gasteiger partial charge on any atom is 0.335 e. The SMILES string of the molecule is CCn1ccc2cc(C(=O)O)cc(C(C)C)c21. The Morgan fingerprint density at radius 3 is 2.65 bits per heavy atom. The van der Waals surface area contributed by atoms with E-state index in [0.717, 1.165) is 23.0 Å². The highest BCUT2D eigenvalue weighted by molar-refractivity contribution is 5.95. The zero-order chi connectivity index (χ0) is 12.6. The number of carbonyl (C=O) groups is 1. The Kier molecular flexibility index (Phi) is 2.92. The van der Waals surface area contributed by atoms with Crippen LogP contribution < -0.4 is 0 Å². The molecular formula is C14H17NO2. The summed E-state index contributed by atoms with van der Waals surface area (Å²) < 4.78 is 2.16. The normalized spacial score (nSPS) is 11.3. The van der Waals surface area contributed by atoms with Crippen molar-refractivity contribution in [2.24, 2.45) is 0 Å². The summed E-state index contributed by atoms with van der Waals surface area (Å²) in [6, 6.07) is 5.52. The van der Waals surface area contributed by atoms with Gasteiger partial charge in [0.25, 0.3) is 0 Å². The summed E-state index contributed by atoms with van der Waals surface area (Å²) >= 11 is 0. The lowest BCUT2D eigenvalue weighted by molar-refractivity contribution is 0.0697. The third-order valence-corrected chi connectivity index (χ3v) is 3.10. The third-order valence-electron chi connectivity index (χ3n) is 3.10. The lowest BCUT2D eigenvalue weighted by Crippen LogP contribution is -2.02. The maximum absolute atomic E-state index is 11.1. The number of hydrogen-bond donors (Lipinski definition) is 1. The van der Waals surface area contributed by atoms with Crippen molar-refractivity contribution in [1.82, 2.24) is 4.57 Å². The molecule has 17 heavy (non-hydrogen) atoms. The van der Waals surface area contributed by atoms with Crippen LogP contribution in [0.5, 0.6) is 0 Å². The Balaban J connectivity index is 2.79. The van der Waals surface area contributed by atoms with Crippen LogP contribution in [0.3, 0.4) is 0 Å². The van der Waals surface area contributed by atoms with Gasteiger partial charge in [-0.3, -0.25) is 0 Å². The standard InChI is InChI=1S/C14H17NO2/c1-4-15-6-5-10-7-11(14(16)17)8-12(9(2)3)13(10)15/h5-9H,4H2,1-3H3,(H,16,17). The first kappa shape index (κ1) is 11.7. The van der Waals surface area contributed by atoms with E-state index in [-0.39, 0.29) is 0 Å². The number of aryl methyl sites for hydroxylation is 1. The van der Waals surface area contributed by atoms with Gasteiger partial charge < -0.3 is 9.67 Å². The summed E-state index contributed by atoms with van der Waals surface area (Å²) in [4.78, 5) is 11.1. The topological polar surface area (TPSA) is 42.2 Å².